The van der Waals surface area contributed by atoms with Gasteiger partial charge < -0.3 is 15.2 Å². The molecule has 0 unspecified atom stereocenters. The van der Waals surface area contributed by atoms with Gasteiger partial charge in [0.05, 0.1) is 0 Å². The predicted molar refractivity (Wildman–Crippen MR) is 78.8 cm³/mol. The SMILES string of the molecule is CSCCC[C@H](NC(=O)OCc1ccccc1)C(=O)O. The Morgan fingerprint density at radius 2 is 2.05 bits per heavy atom. The lowest BCUT2D eigenvalue weighted by molar-refractivity contribution is -0.139. The molecule has 0 saturated heterocycles. The van der Waals surface area contributed by atoms with E-state index in [0.29, 0.717) is 6.42 Å². The van der Waals surface area contributed by atoms with Crippen LogP contribution >= 0.6 is 11.8 Å². The Balaban J connectivity index is 2.36. The molecule has 0 aliphatic rings. The van der Waals surface area contributed by atoms with Gasteiger partial charge in [-0.1, -0.05) is 30.3 Å². The number of hydrogen-bond acceptors (Lipinski definition) is 4. The maximum atomic E-state index is 11.6. The first-order chi connectivity index (χ1) is 9.63. The highest BCUT2D eigenvalue weighted by Crippen LogP contribution is 2.05. The summed E-state index contributed by atoms with van der Waals surface area (Å²) in [5, 5.41) is 11.4. The molecule has 110 valence electrons. The Morgan fingerprint density at radius 3 is 2.65 bits per heavy atom. The van der Waals surface area contributed by atoms with Crippen LogP contribution in [0.3, 0.4) is 0 Å². The smallest absolute Gasteiger partial charge is 0.408 e. The van der Waals surface area contributed by atoms with Crippen molar-refractivity contribution in [1.82, 2.24) is 5.32 Å². The Kier molecular flexibility index (Phi) is 7.57. The number of alkyl carbamates (subject to hydrolysis) is 1. The van der Waals surface area contributed by atoms with E-state index < -0.39 is 18.1 Å². The fourth-order valence-electron chi connectivity index (χ4n) is 1.60. The first-order valence-electron chi connectivity index (χ1n) is 6.32. The Bertz CT molecular complexity index is 424. The van der Waals surface area contributed by atoms with E-state index >= 15 is 0 Å². The molecular weight excluding hydrogens is 278 g/mol. The van der Waals surface area contributed by atoms with Crippen molar-refractivity contribution < 1.29 is 19.4 Å². The molecule has 2 N–H and O–H groups in total. The summed E-state index contributed by atoms with van der Waals surface area (Å²) in [6.07, 6.45) is 2.38. The zero-order valence-corrected chi connectivity index (χ0v) is 12.2. The van der Waals surface area contributed by atoms with Crippen LogP contribution in [-0.2, 0) is 16.1 Å². The van der Waals surface area contributed by atoms with Gasteiger partial charge in [0.15, 0.2) is 0 Å². The largest absolute Gasteiger partial charge is 0.480 e. The number of carbonyl (C=O) groups excluding carboxylic acids is 1. The number of hydrogen-bond donors (Lipinski definition) is 2. The molecule has 1 atom stereocenters. The van der Waals surface area contributed by atoms with Crippen molar-refractivity contribution in [3.63, 3.8) is 0 Å². The van der Waals surface area contributed by atoms with E-state index in [-0.39, 0.29) is 6.61 Å². The summed E-state index contributed by atoms with van der Waals surface area (Å²) in [6.45, 7) is 0.129. The van der Waals surface area contributed by atoms with E-state index in [1.807, 2.05) is 36.6 Å². The van der Waals surface area contributed by atoms with Gasteiger partial charge in [0, 0.05) is 0 Å². The highest BCUT2D eigenvalue weighted by Gasteiger charge is 2.19. The van der Waals surface area contributed by atoms with E-state index in [1.165, 1.54) is 0 Å². The lowest BCUT2D eigenvalue weighted by Crippen LogP contribution is -2.41. The lowest BCUT2D eigenvalue weighted by Gasteiger charge is -2.14. The maximum Gasteiger partial charge on any atom is 0.408 e. The minimum atomic E-state index is -1.04. The van der Waals surface area contributed by atoms with Crippen LogP contribution in [0.1, 0.15) is 18.4 Å². The van der Waals surface area contributed by atoms with Crippen molar-refractivity contribution in [2.75, 3.05) is 12.0 Å². The van der Waals surface area contributed by atoms with Crippen LogP contribution in [-0.4, -0.2) is 35.2 Å². The van der Waals surface area contributed by atoms with Crippen molar-refractivity contribution in [1.29, 1.82) is 0 Å². The summed E-state index contributed by atoms with van der Waals surface area (Å²) < 4.78 is 5.00. The monoisotopic (exact) mass is 297 g/mol. The van der Waals surface area contributed by atoms with Crippen LogP contribution in [0.25, 0.3) is 0 Å². The topological polar surface area (TPSA) is 75.6 Å². The number of benzene rings is 1. The molecule has 6 heteroatoms. The third-order valence-electron chi connectivity index (χ3n) is 2.64. The number of thioether (sulfide) groups is 1. The maximum absolute atomic E-state index is 11.6. The highest BCUT2D eigenvalue weighted by molar-refractivity contribution is 7.98. The molecule has 0 aliphatic heterocycles. The van der Waals surface area contributed by atoms with Crippen LogP contribution in [0, 0.1) is 0 Å². The normalized spacial score (nSPS) is 11.7. The van der Waals surface area contributed by atoms with Gasteiger partial charge in [0.2, 0.25) is 0 Å². The average Bonchev–Trinajstić information content (AvgIpc) is 2.45. The third-order valence-corrected chi connectivity index (χ3v) is 3.34. The number of carboxylic acid groups (broad SMARTS) is 1. The van der Waals surface area contributed by atoms with Crippen molar-refractivity contribution in [2.45, 2.75) is 25.5 Å². The Hall–Kier alpha value is -1.69. The first-order valence-corrected chi connectivity index (χ1v) is 7.72. The lowest BCUT2D eigenvalue weighted by atomic mass is 10.2. The van der Waals surface area contributed by atoms with E-state index in [1.54, 1.807) is 11.8 Å². The van der Waals surface area contributed by atoms with Crippen molar-refractivity contribution in [3.8, 4) is 0 Å². The number of nitrogens with one attached hydrogen (secondary N) is 1. The molecular formula is C14H19NO4S. The molecule has 0 fully saturated rings. The van der Waals surface area contributed by atoms with Gasteiger partial charge in [-0.15, -0.1) is 0 Å². The zero-order chi connectivity index (χ0) is 14.8. The fraction of sp³-hybridized carbons (Fsp3) is 0.429. The van der Waals surface area contributed by atoms with Crippen LogP contribution in [0.2, 0.25) is 0 Å². The number of amides is 1. The van der Waals surface area contributed by atoms with Crippen LogP contribution in [0.4, 0.5) is 4.79 Å². The van der Waals surface area contributed by atoms with Gasteiger partial charge in [-0.25, -0.2) is 9.59 Å². The molecule has 20 heavy (non-hydrogen) atoms. The molecule has 5 nitrogen and oxygen atoms in total. The average molecular weight is 297 g/mol. The standard InChI is InChI=1S/C14H19NO4S/c1-20-9-5-8-12(13(16)17)15-14(18)19-10-11-6-3-2-4-7-11/h2-4,6-7,12H,5,8-10H2,1H3,(H,15,18)(H,16,17)/t12-/m0/s1. The molecule has 0 heterocycles. The second-order valence-electron chi connectivity index (χ2n) is 4.23. The molecule has 1 amide bonds. The molecule has 1 rings (SSSR count). The Labute approximate surface area is 122 Å². The third kappa shape index (κ3) is 6.47. The second-order valence-corrected chi connectivity index (χ2v) is 5.22. The van der Waals surface area contributed by atoms with Crippen LogP contribution < -0.4 is 5.32 Å². The minimum absolute atomic E-state index is 0.129. The van der Waals surface area contributed by atoms with E-state index in [0.717, 1.165) is 17.7 Å². The van der Waals surface area contributed by atoms with Gasteiger partial charge >= 0.3 is 12.1 Å². The molecule has 0 aliphatic carbocycles. The summed E-state index contributed by atoms with van der Waals surface area (Å²) in [7, 11) is 0. The van der Waals surface area contributed by atoms with Gasteiger partial charge in [-0.3, -0.25) is 0 Å². The summed E-state index contributed by atoms with van der Waals surface area (Å²) in [5.74, 6) is -0.174. The quantitative estimate of drug-likeness (QED) is 0.721. The van der Waals surface area contributed by atoms with E-state index in [4.69, 9.17) is 9.84 Å². The number of rotatable bonds is 8. The number of ether oxygens (including phenoxy) is 1. The van der Waals surface area contributed by atoms with E-state index in [9.17, 15) is 9.59 Å². The van der Waals surface area contributed by atoms with Crippen molar-refractivity contribution in [3.05, 3.63) is 35.9 Å². The molecule has 1 aromatic carbocycles. The summed E-state index contributed by atoms with van der Waals surface area (Å²) in [5.41, 5.74) is 0.858. The highest BCUT2D eigenvalue weighted by atomic mass is 32.2. The number of carbonyl (C=O) groups is 2. The number of aliphatic carboxylic acids is 1. The number of carboxylic acids is 1. The molecule has 0 bridgehead atoms. The van der Waals surface area contributed by atoms with Crippen molar-refractivity contribution in [2.24, 2.45) is 0 Å². The molecule has 0 spiro atoms. The molecule has 0 aromatic heterocycles. The van der Waals surface area contributed by atoms with E-state index in [2.05, 4.69) is 5.32 Å². The first kappa shape index (κ1) is 16.4. The second kappa shape index (κ2) is 9.25. The van der Waals surface area contributed by atoms with Crippen LogP contribution in [0.5, 0.6) is 0 Å². The van der Waals surface area contributed by atoms with Crippen molar-refractivity contribution >= 4 is 23.8 Å². The fourth-order valence-corrected chi connectivity index (χ4v) is 2.05. The minimum Gasteiger partial charge on any atom is -0.480 e. The molecule has 1 aromatic rings. The predicted octanol–water partition coefficient (Wildman–Crippen LogP) is 2.51. The summed E-state index contributed by atoms with van der Waals surface area (Å²) >= 11 is 1.64. The van der Waals surface area contributed by atoms with Gasteiger partial charge in [0.1, 0.15) is 12.6 Å². The summed E-state index contributed by atoms with van der Waals surface area (Å²) in [4.78, 5) is 22.6. The van der Waals surface area contributed by atoms with Gasteiger partial charge in [-0.2, -0.15) is 11.8 Å². The van der Waals surface area contributed by atoms with Gasteiger partial charge in [0.25, 0.3) is 0 Å². The molecule has 0 saturated carbocycles. The Morgan fingerprint density at radius 1 is 1.35 bits per heavy atom. The van der Waals surface area contributed by atoms with Crippen LogP contribution in [0.15, 0.2) is 30.3 Å². The zero-order valence-electron chi connectivity index (χ0n) is 11.4. The van der Waals surface area contributed by atoms with Gasteiger partial charge in [-0.05, 0) is 30.4 Å². The summed E-state index contributed by atoms with van der Waals surface area (Å²) in [6, 6.07) is 8.33. The molecule has 0 radical (unpaired) electrons.